The lowest BCUT2D eigenvalue weighted by Crippen LogP contribution is -2.24. The van der Waals surface area contributed by atoms with E-state index in [0.29, 0.717) is 6.42 Å². The van der Waals surface area contributed by atoms with Crippen LogP contribution in [0.3, 0.4) is 0 Å². The van der Waals surface area contributed by atoms with E-state index in [1.807, 2.05) is 6.92 Å². The molecule has 1 rings (SSSR count). The second kappa shape index (κ2) is 4.47. The Morgan fingerprint density at radius 1 is 1.29 bits per heavy atom. The maximum absolute atomic E-state index is 12.5. The van der Waals surface area contributed by atoms with Gasteiger partial charge in [-0.15, -0.1) is 0 Å². The van der Waals surface area contributed by atoms with Crippen LogP contribution in [0.1, 0.15) is 43.1 Å². The highest BCUT2D eigenvalue weighted by Crippen LogP contribution is 2.31. The number of rotatable bonds is 3. The number of carbonyl (C=O) groups excluding carboxylic acids is 1. The summed E-state index contributed by atoms with van der Waals surface area (Å²) in [6.45, 7) is 5.23. The largest absolute Gasteiger partial charge is 0.417 e. The first kappa shape index (κ1) is 13.7. The van der Waals surface area contributed by atoms with Gasteiger partial charge in [0.05, 0.1) is 5.56 Å². The van der Waals surface area contributed by atoms with Gasteiger partial charge < -0.3 is 0 Å². The van der Waals surface area contributed by atoms with Gasteiger partial charge in [-0.05, 0) is 12.5 Å². The van der Waals surface area contributed by atoms with Crippen LogP contribution < -0.4 is 0 Å². The molecule has 0 fully saturated rings. The van der Waals surface area contributed by atoms with Crippen molar-refractivity contribution in [3.63, 3.8) is 0 Å². The van der Waals surface area contributed by atoms with E-state index in [1.54, 1.807) is 13.8 Å². The third-order valence-corrected chi connectivity index (χ3v) is 2.83. The summed E-state index contributed by atoms with van der Waals surface area (Å²) in [5, 5.41) is 0. The minimum Gasteiger partial charge on any atom is -0.294 e. The molecule has 0 amide bonds. The number of nitrogens with zero attached hydrogens (tertiary/aromatic N) is 1. The second-order valence-corrected chi connectivity index (χ2v) is 4.53. The van der Waals surface area contributed by atoms with Crippen molar-refractivity contribution in [3.8, 4) is 0 Å². The molecule has 1 heterocycles. The molecule has 1 aromatic rings. The molecule has 17 heavy (non-hydrogen) atoms. The van der Waals surface area contributed by atoms with Crippen LogP contribution in [0.15, 0.2) is 18.5 Å². The van der Waals surface area contributed by atoms with E-state index in [4.69, 9.17) is 0 Å². The molecule has 0 N–H and O–H groups in total. The Kier molecular flexibility index (Phi) is 3.59. The van der Waals surface area contributed by atoms with Crippen LogP contribution in [0.2, 0.25) is 0 Å². The fourth-order valence-electron chi connectivity index (χ4n) is 1.27. The number of aromatic nitrogens is 1. The fourth-order valence-corrected chi connectivity index (χ4v) is 1.27. The summed E-state index contributed by atoms with van der Waals surface area (Å²) in [5.41, 5.74) is -1.56. The second-order valence-electron chi connectivity index (χ2n) is 4.53. The van der Waals surface area contributed by atoms with Crippen LogP contribution in [-0.4, -0.2) is 10.8 Å². The Hall–Kier alpha value is -1.39. The molecular formula is C12H14F3NO. The molecule has 0 bridgehead atoms. The number of ketones is 1. The van der Waals surface area contributed by atoms with Crippen molar-refractivity contribution in [2.75, 3.05) is 0 Å². The highest BCUT2D eigenvalue weighted by Gasteiger charge is 2.33. The zero-order valence-electron chi connectivity index (χ0n) is 9.93. The van der Waals surface area contributed by atoms with Gasteiger partial charge in [-0.1, -0.05) is 20.8 Å². The minimum absolute atomic E-state index is 0.00618. The molecule has 0 saturated heterocycles. The lowest BCUT2D eigenvalue weighted by Gasteiger charge is -2.21. The van der Waals surface area contributed by atoms with Crippen molar-refractivity contribution < 1.29 is 18.0 Å². The molecule has 2 nitrogen and oxygen atoms in total. The van der Waals surface area contributed by atoms with Gasteiger partial charge in [0, 0.05) is 23.4 Å². The Bertz CT molecular complexity index is 424. The molecule has 0 atom stereocenters. The molecule has 0 spiro atoms. The molecular weight excluding hydrogens is 231 g/mol. The first-order valence-corrected chi connectivity index (χ1v) is 5.25. The molecule has 5 heteroatoms. The molecule has 0 aromatic carbocycles. The topological polar surface area (TPSA) is 30.0 Å². The zero-order chi connectivity index (χ0) is 13.3. The number of hydrogen-bond donors (Lipinski definition) is 0. The van der Waals surface area contributed by atoms with Crippen molar-refractivity contribution in [1.29, 1.82) is 0 Å². The monoisotopic (exact) mass is 245 g/mol. The molecule has 0 aliphatic rings. The third-order valence-electron chi connectivity index (χ3n) is 2.83. The first-order valence-electron chi connectivity index (χ1n) is 5.25. The third kappa shape index (κ3) is 3.05. The number of hydrogen-bond acceptors (Lipinski definition) is 2. The standard InChI is InChI=1S/C12H14F3NO/c1-4-11(2,3)10(17)8-5-9(7-16-6-8)12(13,14)15/h5-7H,4H2,1-3H3. The number of carbonyl (C=O) groups is 1. The van der Waals surface area contributed by atoms with Gasteiger partial charge in [-0.25, -0.2) is 0 Å². The smallest absolute Gasteiger partial charge is 0.294 e. The van der Waals surface area contributed by atoms with E-state index in [-0.39, 0.29) is 11.3 Å². The normalized spacial score (nSPS) is 12.6. The predicted octanol–water partition coefficient (Wildman–Crippen LogP) is 3.72. The minimum atomic E-state index is -4.47. The van der Waals surface area contributed by atoms with Crippen molar-refractivity contribution in [2.45, 2.75) is 33.4 Å². The van der Waals surface area contributed by atoms with Gasteiger partial charge >= 0.3 is 6.18 Å². The number of alkyl halides is 3. The van der Waals surface area contributed by atoms with E-state index < -0.39 is 17.2 Å². The van der Waals surface area contributed by atoms with Gasteiger partial charge in [0.2, 0.25) is 0 Å². The Morgan fingerprint density at radius 2 is 1.88 bits per heavy atom. The average molecular weight is 245 g/mol. The summed E-state index contributed by atoms with van der Waals surface area (Å²) in [5.74, 6) is -0.321. The lowest BCUT2D eigenvalue weighted by atomic mass is 9.82. The molecule has 0 radical (unpaired) electrons. The maximum Gasteiger partial charge on any atom is 0.417 e. The Labute approximate surface area is 97.9 Å². The highest BCUT2D eigenvalue weighted by molar-refractivity contribution is 5.99. The zero-order valence-corrected chi connectivity index (χ0v) is 9.93. The van der Waals surface area contributed by atoms with Crippen LogP contribution in [0.25, 0.3) is 0 Å². The highest BCUT2D eigenvalue weighted by atomic mass is 19.4. The summed E-state index contributed by atoms with van der Waals surface area (Å²) < 4.78 is 37.4. The van der Waals surface area contributed by atoms with Crippen LogP contribution >= 0.6 is 0 Å². The summed E-state index contributed by atoms with van der Waals surface area (Å²) >= 11 is 0. The quantitative estimate of drug-likeness (QED) is 0.759. The van der Waals surface area contributed by atoms with Gasteiger partial charge in [0.25, 0.3) is 0 Å². The van der Waals surface area contributed by atoms with E-state index in [1.165, 1.54) is 6.20 Å². The summed E-state index contributed by atoms with van der Waals surface area (Å²) in [7, 11) is 0. The van der Waals surface area contributed by atoms with Crippen molar-refractivity contribution >= 4 is 5.78 Å². The van der Waals surface area contributed by atoms with E-state index in [0.717, 1.165) is 12.3 Å². The molecule has 94 valence electrons. The Morgan fingerprint density at radius 3 is 2.35 bits per heavy atom. The Balaban J connectivity index is 3.13. The van der Waals surface area contributed by atoms with Gasteiger partial charge in [-0.2, -0.15) is 13.2 Å². The summed E-state index contributed by atoms with van der Waals surface area (Å²) in [4.78, 5) is 15.4. The van der Waals surface area contributed by atoms with Gasteiger partial charge in [0.15, 0.2) is 5.78 Å². The van der Waals surface area contributed by atoms with Gasteiger partial charge in [0.1, 0.15) is 0 Å². The van der Waals surface area contributed by atoms with Crippen LogP contribution in [0.4, 0.5) is 13.2 Å². The van der Waals surface area contributed by atoms with Crippen molar-refractivity contribution in [1.82, 2.24) is 4.98 Å². The van der Waals surface area contributed by atoms with Crippen molar-refractivity contribution in [2.24, 2.45) is 5.41 Å². The molecule has 0 unspecified atom stereocenters. The number of Topliss-reactive ketones (excluding diaryl/α,β-unsaturated/α-hetero) is 1. The van der Waals surface area contributed by atoms with E-state index in [2.05, 4.69) is 4.98 Å². The molecule has 1 aromatic heterocycles. The van der Waals surface area contributed by atoms with Gasteiger partial charge in [-0.3, -0.25) is 9.78 Å². The van der Waals surface area contributed by atoms with E-state index >= 15 is 0 Å². The number of pyridine rings is 1. The van der Waals surface area contributed by atoms with Crippen molar-refractivity contribution in [3.05, 3.63) is 29.6 Å². The van der Waals surface area contributed by atoms with Crippen LogP contribution in [0.5, 0.6) is 0 Å². The number of halogens is 3. The first-order chi connectivity index (χ1) is 7.68. The van der Waals surface area contributed by atoms with Crippen LogP contribution in [0, 0.1) is 5.41 Å². The summed E-state index contributed by atoms with van der Waals surface area (Å²) in [6.07, 6.45) is -2.02. The molecule has 0 aliphatic carbocycles. The fraction of sp³-hybridized carbons (Fsp3) is 0.500. The lowest BCUT2D eigenvalue weighted by molar-refractivity contribution is -0.137. The van der Waals surface area contributed by atoms with E-state index in [9.17, 15) is 18.0 Å². The molecule has 0 saturated carbocycles. The average Bonchev–Trinajstić information content (AvgIpc) is 2.27. The SMILES string of the molecule is CCC(C)(C)C(=O)c1cncc(C(F)(F)F)c1. The predicted molar refractivity (Wildman–Crippen MR) is 57.6 cm³/mol. The summed E-state index contributed by atoms with van der Waals surface area (Å²) in [6, 6.07) is 0.854. The molecule has 0 aliphatic heterocycles. The maximum atomic E-state index is 12.5. The van der Waals surface area contributed by atoms with Crippen LogP contribution in [-0.2, 0) is 6.18 Å².